The van der Waals surface area contributed by atoms with E-state index in [0.717, 1.165) is 51.4 Å². The minimum absolute atomic E-state index is 0.0538. The number of carboxylic acids is 1. The number of carbonyl (C=O) groups is 3. The average Bonchev–Trinajstić information content (AvgIpc) is 3.17. The van der Waals surface area contributed by atoms with Crippen LogP contribution in [0.1, 0.15) is 219 Å². The van der Waals surface area contributed by atoms with Gasteiger partial charge in [0.15, 0.2) is 12.1 Å². The fraction of sp³-hybridized carbons (Fsp3) is 0.857. The Hall–Kier alpha value is -2.19. The summed E-state index contributed by atoms with van der Waals surface area (Å²) < 4.78 is 17.3. The molecule has 2 unspecified atom stereocenters. The molecule has 0 aromatic carbocycles. The van der Waals surface area contributed by atoms with Gasteiger partial charge in [-0.1, -0.05) is 167 Å². The standard InChI is InChI=1S/C49H91NO7/c1-6-8-10-12-14-16-18-19-20-21-22-23-24-25-26-27-28-30-31-33-35-37-39-47(51)56-44-45(43-55-42-41-46(49(53)54)50(3,4)5)57-48(52)40-38-36-34-32-29-17-15-13-11-9-7-2/h13,15,24-25,45-46H,6-12,14,16-23,26-44H2,1-5H3/p+1/b15-13+,25-24+. The number of hydrogen-bond acceptors (Lipinski definition) is 6. The zero-order valence-electron chi connectivity index (χ0n) is 38.1. The lowest BCUT2D eigenvalue weighted by Gasteiger charge is -2.31. The minimum Gasteiger partial charge on any atom is -0.477 e. The second-order valence-electron chi connectivity index (χ2n) is 17.4. The molecule has 1 N–H and O–H groups in total. The van der Waals surface area contributed by atoms with Crippen molar-refractivity contribution in [3.8, 4) is 0 Å². The van der Waals surface area contributed by atoms with Gasteiger partial charge < -0.3 is 23.8 Å². The maximum Gasteiger partial charge on any atom is 0.362 e. The summed E-state index contributed by atoms with van der Waals surface area (Å²) in [4.78, 5) is 37.0. The van der Waals surface area contributed by atoms with Crippen LogP contribution in [0.2, 0.25) is 0 Å². The molecule has 0 bridgehead atoms. The molecule has 0 amide bonds. The van der Waals surface area contributed by atoms with Crippen LogP contribution in [-0.2, 0) is 28.6 Å². The number of quaternary nitrogens is 1. The van der Waals surface area contributed by atoms with E-state index in [1.807, 2.05) is 21.1 Å². The monoisotopic (exact) mass is 807 g/mol. The van der Waals surface area contributed by atoms with Crippen molar-refractivity contribution in [3.05, 3.63) is 24.3 Å². The fourth-order valence-corrected chi connectivity index (χ4v) is 7.07. The van der Waals surface area contributed by atoms with Crippen molar-refractivity contribution >= 4 is 17.9 Å². The zero-order valence-corrected chi connectivity index (χ0v) is 38.1. The Morgan fingerprint density at radius 1 is 0.509 bits per heavy atom. The van der Waals surface area contributed by atoms with Crippen molar-refractivity contribution in [3.63, 3.8) is 0 Å². The molecule has 0 saturated heterocycles. The molecule has 0 saturated carbocycles. The lowest BCUT2D eigenvalue weighted by Crippen LogP contribution is -2.50. The van der Waals surface area contributed by atoms with Gasteiger partial charge in [-0.15, -0.1) is 0 Å². The van der Waals surface area contributed by atoms with Crippen LogP contribution in [0, 0.1) is 0 Å². The van der Waals surface area contributed by atoms with E-state index in [0.29, 0.717) is 19.3 Å². The number of unbranched alkanes of at least 4 members (excludes halogenated alkanes) is 25. The second kappa shape index (κ2) is 40.6. The van der Waals surface area contributed by atoms with Crippen molar-refractivity contribution in [2.45, 2.75) is 231 Å². The molecule has 57 heavy (non-hydrogen) atoms. The van der Waals surface area contributed by atoms with Crippen LogP contribution in [-0.4, -0.2) is 80.6 Å². The van der Waals surface area contributed by atoms with Crippen LogP contribution in [0.5, 0.6) is 0 Å². The summed E-state index contributed by atoms with van der Waals surface area (Å²) in [6, 6.07) is -0.614. The Kier molecular flexibility index (Phi) is 39.0. The topological polar surface area (TPSA) is 99.1 Å². The molecule has 0 heterocycles. The summed E-state index contributed by atoms with van der Waals surface area (Å²) in [5.41, 5.74) is 0. The third-order valence-corrected chi connectivity index (χ3v) is 10.8. The van der Waals surface area contributed by atoms with Gasteiger partial charge in [-0.05, 0) is 57.8 Å². The lowest BCUT2D eigenvalue weighted by atomic mass is 10.0. The van der Waals surface area contributed by atoms with Gasteiger partial charge in [0, 0.05) is 19.3 Å². The van der Waals surface area contributed by atoms with Gasteiger partial charge in [0.2, 0.25) is 0 Å². The Morgan fingerprint density at radius 2 is 0.895 bits per heavy atom. The molecule has 0 aromatic rings. The molecular formula is C49H92NO7+. The van der Waals surface area contributed by atoms with Gasteiger partial charge >= 0.3 is 17.9 Å². The summed E-state index contributed by atoms with van der Waals surface area (Å²) in [6.45, 7) is 4.70. The first-order valence-electron chi connectivity index (χ1n) is 23.9. The third-order valence-electron chi connectivity index (χ3n) is 10.8. The van der Waals surface area contributed by atoms with Gasteiger partial charge in [0.1, 0.15) is 6.61 Å². The van der Waals surface area contributed by atoms with Gasteiger partial charge in [-0.3, -0.25) is 9.59 Å². The maximum atomic E-state index is 12.7. The predicted molar refractivity (Wildman–Crippen MR) is 238 cm³/mol. The molecule has 2 atom stereocenters. The van der Waals surface area contributed by atoms with E-state index in [1.165, 1.54) is 135 Å². The molecule has 8 heteroatoms. The minimum atomic E-state index is -0.876. The van der Waals surface area contributed by atoms with Crippen LogP contribution < -0.4 is 0 Å². The van der Waals surface area contributed by atoms with E-state index >= 15 is 0 Å². The first kappa shape index (κ1) is 54.8. The molecule has 0 fully saturated rings. The third kappa shape index (κ3) is 39.1. The average molecular weight is 807 g/mol. The lowest BCUT2D eigenvalue weighted by molar-refractivity contribution is -0.887. The first-order chi connectivity index (χ1) is 27.6. The summed E-state index contributed by atoms with van der Waals surface area (Å²) in [6.07, 6.45) is 45.2. The zero-order chi connectivity index (χ0) is 42.1. The highest BCUT2D eigenvalue weighted by atomic mass is 16.6. The SMILES string of the molecule is CCCC/C=C/CCCCCCCC(=O)OC(COCCC(C(=O)O)[N+](C)(C)C)COC(=O)CCCCCCCCC/C=C/CCCCCCCCCCCCC. The number of esters is 2. The van der Waals surface area contributed by atoms with Crippen molar-refractivity contribution in [1.29, 1.82) is 0 Å². The predicted octanol–water partition coefficient (Wildman–Crippen LogP) is 13.3. The van der Waals surface area contributed by atoms with E-state index in [4.69, 9.17) is 14.2 Å². The molecule has 0 rings (SSSR count). The highest BCUT2D eigenvalue weighted by molar-refractivity contribution is 5.72. The molecule has 0 radical (unpaired) electrons. The Labute approximate surface area is 351 Å². The number of carbonyl (C=O) groups excluding carboxylic acids is 2. The molecule has 8 nitrogen and oxygen atoms in total. The van der Waals surface area contributed by atoms with Crippen molar-refractivity contribution in [1.82, 2.24) is 0 Å². The molecule has 0 aromatic heterocycles. The number of hydrogen-bond donors (Lipinski definition) is 1. The van der Waals surface area contributed by atoms with Gasteiger partial charge in [-0.25, -0.2) is 4.79 Å². The molecule has 0 spiro atoms. The van der Waals surface area contributed by atoms with Crippen LogP contribution in [0.3, 0.4) is 0 Å². The van der Waals surface area contributed by atoms with Crippen molar-refractivity contribution < 1.29 is 38.2 Å². The van der Waals surface area contributed by atoms with Crippen molar-refractivity contribution in [2.24, 2.45) is 0 Å². The smallest absolute Gasteiger partial charge is 0.362 e. The maximum absolute atomic E-state index is 12.7. The summed E-state index contributed by atoms with van der Waals surface area (Å²) in [5, 5.41) is 9.62. The van der Waals surface area contributed by atoms with Crippen LogP contribution >= 0.6 is 0 Å². The molecule has 0 aliphatic carbocycles. The number of ether oxygens (including phenoxy) is 3. The van der Waals surface area contributed by atoms with E-state index < -0.39 is 18.1 Å². The number of carboxylic acid groups (broad SMARTS) is 1. The van der Waals surface area contributed by atoms with Crippen LogP contribution in [0.4, 0.5) is 0 Å². The summed E-state index contributed by atoms with van der Waals surface area (Å²) >= 11 is 0. The molecule has 0 aliphatic rings. The van der Waals surface area contributed by atoms with E-state index in [1.54, 1.807) is 0 Å². The quantitative estimate of drug-likeness (QED) is 0.0283. The van der Waals surface area contributed by atoms with Crippen molar-refractivity contribution in [2.75, 3.05) is 41.0 Å². The normalized spacial score (nSPS) is 13.1. The van der Waals surface area contributed by atoms with E-state index in [2.05, 4.69) is 38.2 Å². The number of likely N-dealkylation sites (N-methyl/N-ethyl adjacent to an activating group) is 1. The highest BCUT2D eigenvalue weighted by Crippen LogP contribution is 2.15. The van der Waals surface area contributed by atoms with E-state index in [9.17, 15) is 19.5 Å². The largest absolute Gasteiger partial charge is 0.477 e. The number of allylic oxidation sites excluding steroid dienone is 4. The number of rotatable bonds is 43. The molecule has 334 valence electrons. The second-order valence-corrected chi connectivity index (χ2v) is 17.4. The number of aliphatic carboxylic acids is 1. The van der Waals surface area contributed by atoms with Gasteiger partial charge in [0.25, 0.3) is 0 Å². The fourth-order valence-electron chi connectivity index (χ4n) is 7.07. The Bertz CT molecular complexity index is 989. The number of nitrogens with zero attached hydrogens (tertiary/aromatic N) is 1. The summed E-state index contributed by atoms with van der Waals surface area (Å²) in [5.74, 6) is -1.48. The Balaban J connectivity index is 4.19. The van der Waals surface area contributed by atoms with Gasteiger partial charge in [-0.2, -0.15) is 0 Å². The van der Waals surface area contributed by atoms with E-state index in [-0.39, 0.29) is 36.2 Å². The molecular weight excluding hydrogens is 715 g/mol. The Morgan fingerprint density at radius 3 is 1.32 bits per heavy atom. The van der Waals surface area contributed by atoms with Crippen LogP contribution in [0.15, 0.2) is 24.3 Å². The van der Waals surface area contributed by atoms with Gasteiger partial charge in [0.05, 0.1) is 34.4 Å². The molecule has 0 aliphatic heterocycles. The summed E-state index contributed by atoms with van der Waals surface area (Å²) in [7, 11) is 5.53. The highest BCUT2D eigenvalue weighted by Gasteiger charge is 2.31. The van der Waals surface area contributed by atoms with Crippen LogP contribution in [0.25, 0.3) is 0 Å². The first-order valence-corrected chi connectivity index (χ1v) is 23.9.